The zero-order valence-corrected chi connectivity index (χ0v) is 15.4. The Balaban J connectivity index is 1.60. The zero-order chi connectivity index (χ0) is 19.8. The molecular formula is C24H21NO3. The van der Waals surface area contributed by atoms with Gasteiger partial charge in [-0.25, -0.2) is 0 Å². The fraction of sp³-hybridized carbons (Fsp3) is 0.167. The third-order valence-electron chi connectivity index (χ3n) is 4.47. The molecule has 3 aromatic rings. The summed E-state index contributed by atoms with van der Waals surface area (Å²) in [5, 5.41) is 18.0. The molecule has 3 rings (SSSR count). The number of nitriles is 1. The molecule has 0 saturated carbocycles. The molecule has 0 radical (unpaired) electrons. The Morgan fingerprint density at radius 2 is 1.61 bits per heavy atom. The van der Waals surface area contributed by atoms with Gasteiger partial charge in [-0.15, -0.1) is 0 Å². The van der Waals surface area contributed by atoms with Gasteiger partial charge in [0.25, 0.3) is 0 Å². The van der Waals surface area contributed by atoms with Gasteiger partial charge in [0.05, 0.1) is 18.4 Å². The molecule has 28 heavy (non-hydrogen) atoms. The third kappa shape index (κ3) is 5.46. The van der Waals surface area contributed by atoms with Crippen LogP contribution in [0.4, 0.5) is 0 Å². The number of nitrogens with zero attached hydrogens (tertiary/aromatic N) is 1. The van der Waals surface area contributed by atoms with Gasteiger partial charge in [0, 0.05) is 0 Å². The van der Waals surface area contributed by atoms with Crippen LogP contribution in [0, 0.1) is 11.3 Å². The lowest BCUT2D eigenvalue weighted by molar-refractivity contribution is -0.137. The van der Waals surface area contributed by atoms with E-state index in [4.69, 9.17) is 15.1 Å². The predicted octanol–water partition coefficient (Wildman–Crippen LogP) is 4.94. The number of ether oxygens (including phenoxy) is 1. The van der Waals surface area contributed by atoms with Gasteiger partial charge < -0.3 is 9.84 Å². The SMILES string of the molecule is N#CC(CC(=O)O)c1ccc(OCc2cccc(Cc3ccccc3)c2)cc1. The topological polar surface area (TPSA) is 70.3 Å². The van der Waals surface area contributed by atoms with Gasteiger partial charge in [-0.2, -0.15) is 5.26 Å². The van der Waals surface area contributed by atoms with Crippen molar-refractivity contribution in [2.45, 2.75) is 25.4 Å². The van der Waals surface area contributed by atoms with Gasteiger partial charge in [0.15, 0.2) is 0 Å². The zero-order valence-electron chi connectivity index (χ0n) is 15.4. The van der Waals surface area contributed by atoms with Gasteiger partial charge in [0.2, 0.25) is 0 Å². The number of hydrogen-bond donors (Lipinski definition) is 1. The lowest BCUT2D eigenvalue weighted by Crippen LogP contribution is -2.04. The van der Waals surface area contributed by atoms with Crippen molar-refractivity contribution in [3.05, 3.63) is 101 Å². The summed E-state index contributed by atoms with van der Waals surface area (Å²) >= 11 is 0. The highest BCUT2D eigenvalue weighted by Crippen LogP contribution is 2.22. The van der Waals surface area contributed by atoms with E-state index in [2.05, 4.69) is 24.3 Å². The Kier molecular flexibility index (Phi) is 6.43. The third-order valence-corrected chi connectivity index (χ3v) is 4.47. The van der Waals surface area contributed by atoms with E-state index >= 15 is 0 Å². The first-order chi connectivity index (χ1) is 13.6. The van der Waals surface area contributed by atoms with Crippen LogP contribution in [0.15, 0.2) is 78.9 Å². The largest absolute Gasteiger partial charge is 0.489 e. The second kappa shape index (κ2) is 9.38. The normalized spacial score (nSPS) is 11.4. The van der Waals surface area contributed by atoms with E-state index < -0.39 is 11.9 Å². The Labute approximate surface area is 164 Å². The molecule has 0 spiro atoms. The molecule has 4 heteroatoms. The average Bonchev–Trinajstić information content (AvgIpc) is 2.72. The summed E-state index contributed by atoms with van der Waals surface area (Å²) in [4.78, 5) is 10.8. The molecule has 0 aromatic heterocycles. The van der Waals surface area contributed by atoms with Crippen LogP contribution in [0.1, 0.15) is 34.6 Å². The fourth-order valence-corrected chi connectivity index (χ4v) is 3.04. The molecule has 0 heterocycles. The minimum atomic E-state index is -0.984. The van der Waals surface area contributed by atoms with E-state index in [0.717, 1.165) is 12.0 Å². The van der Waals surface area contributed by atoms with Crippen LogP contribution in [-0.4, -0.2) is 11.1 Å². The molecule has 140 valence electrons. The van der Waals surface area contributed by atoms with E-state index in [1.165, 1.54) is 11.1 Å². The van der Waals surface area contributed by atoms with Crippen LogP contribution in [0.5, 0.6) is 5.75 Å². The number of carbonyl (C=O) groups is 1. The van der Waals surface area contributed by atoms with E-state index in [9.17, 15) is 4.79 Å². The van der Waals surface area contributed by atoms with Gasteiger partial charge in [-0.1, -0.05) is 66.7 Å². The summed E-state index contributed by atoms with van der Waals surface area (Å²) < 4.78 is 5.85. The number of carboxylic acids is 1. The molecule has 0 aliphatic heterocycles. The van der Waals surface area contributed by atoms with Crippen LogP contribution in [0.2, 0.25) is 0 Å². The van der Waals surface area contributed by atoms with Crippen LogP contribution >= 0.6 is 0 Å². The molecule has 0 fully saturated rings. The molecule has 0 bridgehead atoms. The lowest BCUT2D eigenvalue weighted by Gasteiger charge is -2.10. The Morgan fingerprint density at radius 3 is 2.29 bits per heavy atom. The Bertz CT molecular complexity index is 959. The quantitative estimate of drug-likeness (QED) is 0.609. The van der Waals surface area contributed by atoms with Crippen molar-refractivity contribution in [3.63, 3.8) is 0 Å². The summed E-state index contributed by atoms with van der Waals surface area (Å²) in [6.45, 7) is 0.443. The second-order valence-electron chi connectivity index (χ2n) is 6.62. The van der Waals surface area contributed by atoms with Crippen LogP contribution in [0.3, 0.4) is 0 Å². The molecule has 1 atom stereocenters. The van der Waals surface area contributed by atoms with E-state index in [1.54, 1.807) is 24.3 Å². The van der Waals surface area contributed by atoms with Crippen LogP contribution in [0.25, 0.3) is 0 Å². The first kappa shape index (κ1) is 19.2. The van der Waals surface area contributed by atoms with Crippen molar-refractivity contribution < 1.29 is 14.6 Å². The van der Waals surface area contributed by atoms with Gasteiger partial charge in [-0.3, -0.25) is 4.79 Å². The van der Waals surface area contributed by atoms with E-state index in [-0.39, 0.29) is 6.42 Å². The molecule has 4 nitrogen and oxygen atoms in total. The number of carboxylic acid groups (broad SMARTS) is 1. The molecule has 0 saturated heterocycles. The minimum absolute atomic E-state index is 0.203. The van der Waals surface area contributed by atoms with Crippen molar-refractivity contribution in [2.75, 3.05) is 0 Å². The number of aliphatic carboxylic acids is 1. The first-order valence-electron chi connectivity index (χ1n) is 9.10. The summed E-state index contributed by atoms with van der Waals surface area (Å²) in [7, 11) is 0. The number of rotatable bonds is 8. The smallest absolute Gasteiger partial charge is 0.305 e. The fourth-order valence-electron chi connectivity index (χ4n) is 3.04. The first-order valence-corrected chi connectivity index (χ1v) is 9.10. The Hall–Kier alpha value is -3.58. The Morgan fingerprint density at radius 1 is 0.929 bits per heavy atom. The summed E-state index contributed by atoms with van der Waals surface area (Å²) in [5.41, 5.74) is 4.26. The van der Waals surface area contributed by atoms with Gasteiger partial charge >= 0.3 is 5.97 Å². The van der Waals surface area contributed by atoms with Crippen molar-refractivity contribution in [3.8, 4) is 11.8 Å². The van der Waals surface area contributed by atoms with Gasteiger partial charge in [-0.05, 0) is 40.8 Å². The highest BCUT2D eigenvalue weighted by Gasteiger charge is 2.14. The highest BCUT2D eigenvalue weighted by atomic mass is 16.5. The molecule has 0 amide bonds. The molecule has 0 aliphatic carbocycles. The molecule has 1 N–H and O–H groups in total. The van der Waals surface area contributed by atoms with Crippen LogP contribution in [-0.2, 0) is 17.8 Å². The molecule has 3 aromatic carbocycles. The van der Waals surface area contributed by atoms with E-state index in [1.807, 2.05) is 36.4 Å². The van der Waals surface area contributed by atoms with E-state index in [0.29, 0.717) is 17.9 Å². The lowest BCUT2D eigenvalue weighted by atomic mass is 9.97. The molecule has 1 unspecified atom stereocenters. The van der Waals surface area contributed by atoms with Crippen molar-refractivity contribution in [1.82, 2.24) is 0 Å². The monoisotopic (exact) mass is 371 g/mol. The van der Waals surface area contributed by atoms with Crippen molar-refractivity contribution in [1.29, 1.82) is 5.26 Å². The summed E-state index contributed by atoms with van der Waals surface area (Å²) in [6.07, 6.45) is 0.674. The predicted molar refractivity (Wildman–Crippen MR) is 107 cm³/mol. The molecular weight excluding hydrogens is 350 g/mol. The van der Waals surface area contributed by atoms with Gasteiger partial charge in [0.1, 0.15) is 12.4 Å². The maximum Gasteiger partial charge on any atom is 0.305 e. The number of benzene rings is 3. The maximum absolute atomic E-state index is 10.8. The second-order valence-corrected chi connectivity index (χ2v) is 6.62. The summed E-state index contributed by atoms with van der Waals surface area (Å²) in [6, 6.07) is 27.7. The van der Waals surface area contributed by atoms with Crippen molar-refractivity contribution in [2.24, 2.45) is 0 Å². The highest BCUT2D eigenvalue weighted by molar-refractivity contribution is 5.68. The van der Waals surface area contributed by atoms with Crippen molar-refractivity contribution >= 4 is 5.97 Å². The minimum Gasteiger partial charge on any atom is -0.489 e. The standard InChI is InChI=1S/C24H21NO3/c25-16-22(15-24(26)27)21-9-11-23(12-10-21)28-17-20-8-4-7-19(14-20)13-18-5-2-1-3-6-18/h1-12,14,22H,13,15,17H2,(H,26,27). The maximum atomic E-state index is 10.8. The summed E-state index contributed by atoms with van der Waals surface area (Å²) in [5.74, 6) is -0.951. The molecule has 0 aliphatic rings. The number of hydrogen-bond acceptors (Lipinski definition) is 3. The van der Waals surface area contributed by atoms with Crippen LogP contribution < -0.4 is 4.74 Å². The average molecular weight is 371 g/mol.